The Morgan fingerprint density at radius 2 is 1.76 bits per heavy atom. The average molecular weight is 443 g/mol. The zero-order chi connectivity index (χ0) is 22.8. The molecule has 1 aliphatic heterocycles. The summed E-state index contributed by atoms with van der Waals surface area (Å²) < 4.78 is 5.51. The molecule has 1 saturated heterocycles. The van der Waals surface area contributed by atoms with Crippen molar-refractivity contribution in [2.24, 2.45) is 0 Å². The van der Waals surface area contributed by atoms with E-state index in [9.17, 15) is 4.79 Å². The van der Waals surface area contributed by atoms with Gasteiger partial charge in [-0.15, -0.1) is 0 Å². The molecule has 0 aliphatic carbocycles. The Bertz CT molecular complexity index is 1320. The number of anilines is 3. The van der Waals surface area contributed by atoms with Crippen LogP contribution >= 0.6 is 0 Å². The number of nitrogens with one attached hydrogen (secondary N) is 1. The summed E-state index contributed by atoms with van der Waals surface area (Å²) in [5, 5.41) is 11.9. The van der Waals surface area contributed by atoms with Crippen molar-refractivity contribution in [2.45, 2.75) is 0 Å². The number of hydrogen-bond acceptors (Lipinski definition) is 8. The summed E-state index contributed by atoms with van der Waals surface area (Å²) in [4.78, 5) is 30.7. The summed E-state index contributed by atoms with van der Waals surface area (Å²) in [7, 11) is 0. The molecule has 2 aromatic heterocycles. The number of benzene rings is 2. The number of hydrogen-bond donors (Lipinski definition) is 3. The van der Waals surface area contributed by atoms with E-state index >= 15 is 0 Å². The van der Waals surface area contributed by atoms with Crippen molar-refractivity contribution in [3.05, 3.63) is 54.9 Å². The van der Waals surface area contributed by atoms with Crippen LogP contribution < -0.4 is 16.0 Å². The van der Waals surface area contributed by atoms with Crippen LogP contribution in [-0.2, 0) is 4.74 Å². The van der Waals surface area contributed by atoms with E-state index in [0.29, 0.717) is 30.3 Å². The van der Waals surface area contributed by atoms with Crippen molar-refractivity contribution in [2.75, 3.05) is 42.3 Å². The molecule has 0 spiro atoms. The van der Waals surface area contributed by atoms with E-state index in [0.717, 1.165) is 40.9 Å². The number of carboxylic acid groups (broad SMARTS) is 1. The van der Waals surface area contributed by atoms with Crippen LogP contribution in [0.5, 0.6) is 0 Å². The van der Waals surface area contributed by atoms with Crippen LogP contribution in [0.1, 0.15) is 0 Å². The molecular formula is C23H21N7O3. The number of nitrogens with two attached hydrogens (primary N) is 1. The van der Waals surface area contributed by atoms with Crippen LogP contribution in [0.4, 0.5) is 22.2 Å². The highest BCUT2D eigenvalue weighted by Crippen LogP contribution is 2.31. The van der Waals surface area contributed by atoms with E-state index < -0.39 is 6.09 Å². The van der Waals surface area contributed by atoms with E-state index in [2.05, 4.69) is 20.2 Å². The number of nitrogens with zero attached hydrogens (tertiary/aromatic N) is 5. The number of nitrogen functional groups attached to an aromatic ring is 1. The molecule has 166 valence electrons. The molecule has 3 heterocycles. The van der Waals surface area contributed by atoms with Crippen molar-refractivity contribution >= 4 is 34.4 Å². The second kappa shape index (κ2) is 8.67. The molecule has 4 N–H and O–H groups in total. The van der Waals surface area contributed by atoms with Crippen LogP contribution in [0.3, 0.4) is 0 Å². The Balaban J connectivity index is 1.62. The molecule has 0 radical (unpaired) electrons. The SMILES string of the molecule is Nc1cccc(-c2ccc3c(N4CCOCC4)nc(-c4cnc(NC(=O)O)nc4)nc3c2)c1. The summed E-state index contributed by atoms with van der Waals surface area (Å²) in [5.41, 5.74) is 10.0. The predicted octanol–water partition coefficient (Wildman–Crippen LogP) is 3.26. The summed E-state index contributed by atoms with van der Waals surface area (Å²) >= 11 is 0. The van der Waals surface area contributed by atoms with Crippen LogP contribution in [0.2, 0.25) is 0 Å². The standard InChI is InChI=1S/C23H21N7O3/c24-17-3-1-2-14(10-17)15-4-5-18-19(11-15)27-20(28-21(18)30-6-8-33-9-7-30)16-12-25-22(26-13-16)29-23(31)32/h1-5,10-13H,6-9,24H2,(H,31,32)(H,25,26,29). The Hall–Kier alpha value is -4.31. The Morgan fingerprint density at radius 3 is 2.48 bits per heavy atom. The highest BCUT2D eigenvalue weighted by molar-refractivity contribution is 5.94. The maximum absolute atomic E-state index is 10.8. The monoisotopic (exact) mass is 443 g/mol. The van der Waals surface area contributed by atoms with Gasteiger partial charge in [0.05, 0.1) is 24.3 Å². The second-order valence-corrected chi connectivity index (χ2v) is 7.55. The van der Waals surface area contributed by atoms with Gasteiger partial charge < -0.3 is 20.5 Å². The first kappa shape index (κ1) is 20.6. The van der Waals surface area contributed by atoms with Gasteiger partial charge in [-0.1, -0.05) is 18.2 Å². The maximum atomic E-state index is 10.8. The maximum Gasteiger partial charge on any atom is 0.411 e. The molecule has 10 nitrogen and oxygen atoms in total. The fourth-order valence-corrected chi connectivity index (χ4v) is 3.76. The first-order chi connectivity index (χ1) is 16.1. The number of fused-ring (bicyclic) bond motifs is 1. The Labute approximate surface area is 189 Å². The van der Waals surface area contributed by atoms with E-state index in [1.54, 1.807) is 0 Å². The topological polar surface area (TPSA) is 139 Å². The molecule has 1 aliphatic rings. The molecule has 0 unspecified atom stereocenters. The lowest BCUT2D eigenvalue weighted by molar-refractivity contribution is 0.122. The van der Waals surface area contributed by atoms with Crippen molar-refractivity contribution in [3.8, 4) is 22.5 Å². The summed E-state index contributed by atoms with van der Waals surface area (Å²) in [6, 6.07) is 13.8. The minimum Gasteiger partial charge on any atom is -0.465 e. The van der Waals surface area contributed by atoms with Crippen LogP contribution in [-0.4, -0.2) is 57.4 Å². The second-order valence-electron chi connectivity index (χ2n) is 7.55. The lowest BCUT2D eigenvalue weighted by Crippen LogP contribution is -2.37. The molecule has 10 heteroatoms. The van der Waals surface area contributed by atoms with Gasteiger partial charge in [-0.3, -0.25) is 5.32 Å². The molecule has 4 aromatic rings. The van der Waals surface area contributed by atoms with E-state index in [4.69, 9.17) is 25.5 Å². The van der Waals surface area contributed by atoms with Gasteiger partial charge in [0.15, 0.2) is 5.82 Å². The largest absolute Gasteiger partial charge is 0.465 e. The van der Waals surface area contributed by atoms with Crippen LogP contribution in [0, 0.1) is 0 Å². The molecule has 1 fully saturated rings. The number of morpholine rings is 1. The first-order valence-corrected chi connectivity index (χ1v) is 10.4. The number of aromatic nitrogens is 4. The fourth-order valence-electron chi connectivity index (χ4n) is 3.76. The molecule has 0 bridgehead atoms. The van der Waals surface area contributed by atoms with Crippen LogP contribution in [0.15, 0.2) is 54.9 Å². The summed E-state index contributed by atoms with van der Waals surface area (Å²) in [6.45, 7) is 2.70. The van der Waals surface area contributed by atoms with Gasteiger partial charge in [-0.25, -0.2) is 24.7 Å². The lowest BCUT2D eigenvalue weighted by Gasteiger charge is -2.29. The van der Waals surface area contributed by atoms with Gasteiger partial charge in [-0.2, -0.15) is 0 Å². The third-order valence-electron chi connectivity index (χ3n) is 5.34. The van der Waals surface area contributed by atoms with Gasteiger partial charge in [0, 0.05) is 36.6 Å². The van der Waals surface area contributed by atoms with Crippen molar-refractivity contribution in [1.82, 2.24) is 19.9 Å². The van der Waals surface area contributed by atoms with Crippen molar-refractivity contribution in [1.29, 1.82) is 0 Å². The Kier molecular flexibility index (Phi) is 5.41. The molecule has 0 saturated carbocycles. The summed E-state index contributed by atoms with van der Waals surface area (Å²) in [5.74, 6) is 1.25. The molecule has 33 heavy (non-hydrogen) atoms. The zero-order valence-electron chi connectivity index (χ0n) is 17.6. The quantitative estimate of drug-likeness (QED) is 0.405. The van der Waals surface area contributed by atoms with Gasteiger partial charge in [0.25, 0.3) is 0 Å². The molecule has 5 rings (SSSR count). The number of amides is 1. The summed E-state index contributed by atoms with van der Waals surface area (Å²) in [6.07, 6.45) is 1.78. The lowest BCUT2D eigenvalue weighted by atomic mass is 10.0. The third-order valence-corrected chi connectivity index (χ3v) is 5.34. The predicted molar refractivity (Wildman–Crippen MR) is 125 cm³/mol. The van der Waals surface area contributed by atoms with E-state index in [1.165, 1.54) is 12.4 Å². The van der Waals surface area contributed by atoms with Gasteiger partial charge in [0.1, 0.15) is 5.82 Å². The normalized spacial score (nSPS) is 13.8. The van der Waals surface area contributed by atoms with Gasteiger partial charge in [-0.05, 0) is 35.4 Å². The number of rotatable bonds is 4. The molecule has 2 aromatic carbocycles. The third kappa shape index (κ3) is 4.37. The number of ether oxygens (including phenoxy) is 1. The Morgan fingerprint density at radius 1 is 1.00 bits per heavy atom. The zero-order valence-corrected chi connectivity index (χ0v) is 17.6. The van der Waals surface area contributed by atoms with Crippen molar-refractivity contribution < 1.29 is 14.6 Å². The molecule has 0 atom stereocenters. The number of carbonyl (C=O) groups is 1. The average Bonchev–Trinajstić information content (AvgIpc) is 2.83. The molecular weight excluding hydrogens is 422 g/mol. The minimum absolute atomic E-state index is 0.00982. The van der Waals surface area contributed by atoms with E-state index in [-0.39, 0.29) is 5.95 Å². The highest BCUT2D eigenvalue weighted by Gasteiger charge is 2.19. The van der Waals surface area contributed by atoms with Gasteiger partial charge in [0.2, 0.25) is 5.95 Å². The van der Waals surface area contributed by atoms with Gasteiger partial charge >= 0.3 is 6.09 Å². The first-order valence-electron chi connectivity index (χ1n) is 10.4. The fraction of sp³-hybridized carbons (Fsp3) is 0.174. The molecule has 1 amide bonds. The minimum atomic E-state index is -1.23. The smallest absolute Gasteiger partial charge is 0.411 e. The highest BCUT2D eigenvalue weighted by atomic mass is 16.5. The van der Waals surface area contributed by atoms with Crippen molar-refractivity contribution in [3.63, 3.8) is 0 Å². The van der Waals surface area contributed by atoms with Crippen LogP contribution in [0.25, 0.3) is 33.4 Å². The van der Waals surface area contributed by atoms with E-state index in [1.807, 2.05) is 42.5 Å².